The molecule has 26 heavy (non-hydrogen) atoms. The number of aromatic carboxylic acids is 1. The number of amides is 1. The van der Waals surface area contributed by atoms with Crippen LogP contribution in [0.25, 0.3) is 0 Å². The SMILES string of the molecule is O=C(CCc1ccccc1C(=O)O)NC1CCC(c2ccccc2)CC1. The third-order valence-electron chi connectivity index (χ3n) is 5.23. The van der Waals surface area contributed by atoms with E-state index in [0.717, 1.165) is 25.7 Å². The third-order valence-corrected chi connectivity index (χ3v) is 5.23. The van der Waals surface area contributed by atoms with Crippen LogP contribution in [0.2, 0.25) is 0 Å². The number of carboxylic acid groups (broad SMARTS) is 1. The van der Waals surface area contributed by atoms with Gasteiger partial charge >= 0.3 is 5.97 Å². The van der Waals surface area contributed by atoms with Crippen LogP contribution in [0.15, 0.2) is 54.6 Å². The summed E-state index contributed by atoms with van der Waals surface area (Å²) < 4.78 is 0. The van der Waals surface area contributed by atoms with Crippen LogP contribution in [-0.4, -0.2) is 23.0 Å². The van der Waals surface area contributed by atoms with Crippen molar-refractivity contribution in [2.75, 3.05) is 0 Å². The molecule has 1 amide bonds. The predicted molar refractivity (Wildman–Crippen MR) is 101 cm³/mol. The van der Waals surface area contributed by atoms with Gasteiger partial charge in [0, 0.05) is 12.5 Å². The van der Waals surface area contributed by atoms with E-state index in [1.807, 2.05) is 12.1 Å². The Morgan fingerprint density at radius 3 is 2.27 bits per heavy atom. The lowest BCUT2D eigenvalue weighted by atomic mass is 9.82. The summed E-state index contributed by atoms with van der Waals surface area (Å²) in [6, 6.07) is 17.7. The van der Waals surface area contributed by atoms with Crippen LogP contribution in [-0.2, 0) is 11.2 Å². The Balaban J connectivity index is 1.46. The van der Waals surface area contributed by atoms with Gasteiger partial charge in [-0.05, 0) is 55.2 Å². The minimum atomic E-state index is -0.944. The minimum Gasteiger partial charge on any atom is -0.478 e. The van der Waals surface area contributed by atoms with Gasteiger partial charge in [-0.25, -0.2) is 4.79 Å². The van der Waals surface area contributed by atoms with Crippen molar-refractivity contribution in [3.8, 4) is 0 Å². The fraction of sp³-hybridized carbons (Fsp3) is 0.364. The zero-order valence-electron chi connectivity index (χ0n) is 14.9. The van der Waals surface area contributed by atoms with Gasteiger partial charge in [-0.1, -0.05) is 48.5 Å². The summed E-state index contributed by atoms with van der Waals surface area (Å²) in [5.41, 5.74) is 2.38. The first-order chi connectivity index (χ1) is 12.6. The van der Waals surface area contributed by atoms with Gasteiger partial charge in [-0.3, -0.25) is 4.79 Å². The van der Waals surface area contributed by atoms with E-state index < -0.39 is 5.97 Å². The lowest BCUT2D eigenvalue weighted by Crippen LogP contribution is -2.37. The summed E-state index contributed by atoms with van der Waals surface area (Å²) in [6.45, 7) is 0. The average molecular weight is 351 g/mol. The highest BCUT2D eigenvalue weighted by Crippen LogP contribution is 2.32. The van der Waals surface area contributed by atoms with Crippen LogP contribution in [0.1, 0.15) is 59.5 Å². The molecule has 0 radical (unpaired) electrons. The number of benzene rings is 2. The summed E-state index contributed by atoms with van der Waals surface area (Å²) in [4.78, 5) is 23.5. The predicted octanol–water partition coefficient (Wildman–Crippen LogP) is 4.16. The molecule has 0 unspecified atom stereocenters. The molecule has 4 heteroatoms. The van der Waals surface area contributed by atoms with E-state index in [1.54, 1.807) is 18.2 Å². The van der Waals surface area contributed by atoms with Crippen molar-refractivity contribution in [2.45, 2.75) is 50.5 Å². The minimum absolute atomic E-state index is 0.00773. The van der Waals surface area contributed by atoms with Gasteiger partial charge in [0.05, 0.1) is 5.56 Å². The molecule has 0 aliphatic heterocycles. The molecular formula is C22H25NO3. The summed E-state index contributed by atoms with van der Waals surface area (Å²) >= 11 is 0. The summed E-state index contributed by atoms with van der Waals surface area (Å²) in [5.74, 6) is -0.347. The molecule has 2 aromatic carbocycles. The Bertz CT molecular complexity index is 749. The normalized spacial score (nSPS) is 19.7. The van der Waals surface area contributed by atoms with Gasteiger partial charge in [-0.2, -0.15) is 0 Å². The van der Waals surface area contributed by atoms with Crippen LogP contribution in [0.4, 0.5) is 0 Å². The maximum absolute atomic E-state index is 12.3. The fourth-order valence-electron chi connectivity index (χ4n) is 3.79. The van der Waals surface area contributed by atoms with Crippen LogP contribution >= 0.6 is 0 Å². The van der Waals surface area contributed by atoms with Gasteiger partial charge in [0.15, 0.2) is 0 Å². The van der Waals surface area contributed by atoms with Gasteiger partial charge in [0.2, 0.25) is 5.91 Å². The zero-order chi connectivity index (χ0) is 18.4. The molecule has 1 aliphatic rings. The topological polar surface area (TPSA) is 66.4 Å². The number of aryl methyl sites for hydroxylation is 1. The van der Waals surface area contributed by atoms with Gasteiger partial charge < -0.3 is 10.4 Å². The molecular weight excluding hydrogens is 326 g/mol. The van der Waals surface area contributed by atoms with Crippen molar-refractivity contribution in [1.29, 1.82) is 0 Å². The van der Waals surface area contributed by atoms with Crippen LogP contribution in [0.3, 0.4) is 0 Å². The molecule has 1 fully saturated rings. The van der Waals surface area contributed by atoms with E-state index in [9.17, 15) is 14.7 Å². The monoisotopic (exact) mass is 351 g/mol. The van der Waals surface area contributed by atoms with E-state index in [4.69, 9.17) is 0 Å². The lowest BCUT2D eigenvalue weighted by Gasteiger charge is -2.29. The van der Waals surface area contributed by atoms with E-state index in [0.29, 0.717) is 24.3 Å². The second-order valence-electron chi connectivity index (χ2n) is 6.99. The Labute approximate surface area is 154 Å². The summed E-state index contributed by atoms with van der Waals surface area (Å²) in [5, 5.41) is 12.3. The number of carboxylic acids is 1. The van der Waals surface area contributed by atoms with E-state index in [-0.39, 0.29) is 17.5 Å². The van der Waals surface area contributed by atoms with Gasteiger partial charge in [0.25, 0.3) is 0 Å². The summed E-state index contributed by atoms with van der Waals surface area (Å²) in [7, 11) is 0. The average Bonchev–Trinajstić information content (AvgIpc) is 2.68. The molecule has 0 saturated heterocycles. The van der Waals surface area contributed by atoms with Crippen LogP contribution < -0.4 is 5.32 Å². The molecule has 0 aromatic heterocycles. The van der Waals surface area contributed by atoms with Gasteiger partial charge in [-0.15, -0.1) is 0 Å². The summed E-state index contributed by atoms with van der Waals surface area (Å²) in [6.07, 6.45) is 4.96. The number of nitrogens with one attached hydrogen (secondary N) is 1. The Kier molecular flexibility index (Phi) is 6.05. The molecule has 0 bridgehead atoms. The molecule has 2 aromatic rings. The highest BCUT2D eigenvalue weighted by Gasteiger charge is 2.23. The molecule has 3 rings (SSSR count). The first-order valence-corrected chi connectivity index (χ1v) is 9.29. The molecule has 0 heterocycles. The molecule has 4 nitrogen and oxygen atoms in total. The van der Waals surface area contributed by atoms with Crippen LogP contribution in [0, 0.1) is 0 Å². The molecule has 136 valence electrons. The number of carbonyl (C=O) groups is 2. The maximum Gasteiger partial charge on any atom is 0.335 e. The lowest BCUT2D eigenvalue weighted by molar-refractivity contribution is -0.122. The van der Waals surface area contributed by atoms with Crippen LogP contribution in [0.5, 0.6) is 0 Å². The third kappa shape index (κ3) is 4.72. The Hall–Kier alpha value is -2.62. The Morgan fingerprint density at radius 2 is 1.58 bits per heavy atom. The molecule has 0 atom stereocenters. The van der Waals surface area contributed by atoms with E-state index in [1.165, 1.54) is 5.56 Å². The van der Waals surface area contributed by atoms with Crippen molar-refractivity contribution < 1.29 is 14.7 Å². The highest BCUT2D eigenvalue weighted by molar-refractivity contribution is 5.89. The highest BCUT2D eigenvalue weighted by atomic mass is 16.4. The van der Waals surface area contributed by atoms with E-state index in [2.05, 4.69) is 29.6 Å². The van der Waals surface area contributed by atoms with E-state index >= 15 is 0 Å². The maximum atomic E-state index is 12.3. The van der Waals surface area contributed by atoms with Crippen molar-refractivity contribution >= 4 is 11.9 Å². The molecule has 1 aliphatic carbocycles. The molecule has 1 saturated carbocycles. The van der Waals surface area contributed by atoms with Gasteiger partial charge in [0.1, 0.15) is 0 Å². The molecule has 2 N–H and O–H groups in total. The van der Waals surface area contributed by atoms with Crippen molar-refractivity contribution in [3.05, 3.63) is 71.3 Å². The van der Waals surface area contributed by atoms with Crippen molar-refractivity contribution in [2.24, 2.45) is 0 Å². The first-order valence-electron chi connectivity index (χ1n) is 9.29. The number of hydrogen-bond donors (Lipinski definition) is 2. The number of hydrogen-bond acceptors (Lipinski definition) is 2. The first kappa shape index (κ1) is 18.2. The van der Waals surface area contributed by atoms with Crippen molar-refractivity contribution in [3.63, 3.8) is 0 Å². The second-order valence-corrected chi connectivity index (χ2v) is 6.99. The van der Waals surface area contributed by atoms with Crippen molar-refractivity contribution in [1.82, 2.24) is 5.32 Å². The Morgan fingerprint density at radius 1 is 0.923 bits per heavy atom. The number of rotatable bonds is 6. The smallest absolute Gasteiger partial charge is 0.335 e. The second kappa shape index (κ2) is 8.65. The largest absolute Gasteiger partial charge is 0.478 e. The standard InChI is InChI=1S/C22H25NO3/c24-21(15-12-18-8-4-5-9-20(18)22(25)26)23-19-13-10-17(11-14-19)16-6-2-1-3-7-16/h1-9,17,19H,10-15H2,(H,23,24)(H,25,26). The number of carbonyl (C=O) groups excluding carboxylic acids is 1. The zero-order valence-corrected chi connectivity index (χ0v) is 14.9. The fourth-order valence-corrected chi connectivity index (χ4v) is 3.79. The molecule has 0 spiro atoms. The quantitative estimate of drug-likeness (QED) is 0.821.